The zero-order valence-electron chi connectivity index (χ0n) is 11.8. The number of aryl methyl sites for hydroxylation is 1. The van der Waals surface area contributed by atoms with Crippen LogP contribution in [0.15, 0.2) is 24.3 Å². The Bertz CT molecular complexity index is 447. The third-order valence-electron chi connectivity index (χ3n) is 3.85. The first-order chi connectivity index (χ1) is 9.17. The average molecular weight is 261 g/mol. The Balaban J connectivity index is 2.22. The molecular weight excluding hydrogens is 238 g/mol. The van der Waals surface area contributed by atoms with Crippen LogP contribution >= 0.6 is 0 Å². The summed E-state index contributed by atoms with van der Waals surface area (Å²) < 4.78 is 0. The lowest BCUT2D eigenvalue weighted by atomic mass is 10.0. The number of carbonyl (C=O) groups excluding carboxylic acids is 1. The van der Waals surface area contributed by atoms with Crippen LogP contribution in [0.5, 0.6) is 0 Å². The summed E-state index contributed by atoms with van der Waals surface area (Å²) in [6, 6.07) is 7.99. The molecule has 1 atom stereocenters. The summed E-state index contributed by atoms with van der Waals surface area (Å²) in [5.41, 5.74) is 7.76. The van der Waals surface area contributed by atoms with Crippen molar-refractivity contribution in [3.63, 3.8) is 0 Å². The minimum Gasteiger partial charge on any atom is -0.332 e. The van der Waals surface area contributed by atoms with E-state index in [4.69, 9.17) is 5.73 Å². The van der Waals surface area contributed by atoms with Crippen LogP contribution in [-0.4, -0.2) is 55.0 Å². The van der Waals surface area contributed by atoms with E-state index in [0.717, 1.165) is 37.2 Å². The van der Waals surface area contributed by atoms with E-state index >= 15 is 0 Å². The van der Waals surface area contributed by atoms with Crippen LogP contribution in [0.2, 0.25) is 0 Å². The van der Waals surface area contributed by atoms with Gasteiger partial charge in [0, 0.05) is 31.7 Å². The van der Waals surface area contributed by atoms with Crippen LogP contribution in [0.3, 0.4) is 0 Å². The number of carbonyl (C=O) groups is 1. The normalized spacial score (nSPS) is 20.6. The summed E-state index contributed by atoms with van der Waals surface area (Å²) in [5, 5.41) is 0. The van der Waals surface area contributed by atoms with E-state index in [9.17, 15) is 4.79 Å². The van der Waals surface area contributed by atoms with Gasteiger partial charge in [-0.05, 0) is 25.1 Å². The summed E-state index contributed by atoms with van der Waals surface area (Å²) in [5.74, 6) is 0.126. The topological polar surface area (TPSA) is 49.6 Å². The number of nitrogens with zero attached hydrogens (tertiary/aromatic N) is 2. The van der Waals surface area contributed by atoms with Gasteiger partial charge < -0.3 is 15.5 Å². The van der Waals surface area contributed by atoms with Gasteiger partial charge in [-0.25, -0.2) is 0 Å². The zero-order chi connectivity index (χ0) is 13.8. The van der Waals surface area contributed by atoms with Gasteiger partial charge in [-0.1, -0.05) is 25.1 Å². The molecule has 1 aliphatic heterocycles. The number of piperazine rings is 1. The molecule has 1 saturated heterocycles. The van der Waals surface area contributed by atoms with Crippen molar-refractivity contribution in [3.05, 3.63) is 35.4 Å². The maximum absolute atomic E-state index is 12.7. The van der Waals surface area contributed by atoms with Crippen molar-refractivity contribution in [1.29, 1.82) is 0 Å². The summed E-state index contributed by atoms with van der Waals surface area (Å²) in [6.45, 7) is 5.13. The maximum Gasteiger partial charge on any atom is 0.254 e. The van der Waals surface area contributed by atoms with Crippen LogP contribution in [0, 0.1) is 0 Å². The fourth-order valence-corrected chi connectivity index (χ4v) is 2.67. The van der Waals surface area contributed by atoms with Crippen molar-refractivity contribution < 1.29 is 4.79 Å². The maximum atomic E-state index is 12.7. The van der Waals surface area contributed by atoms with Crippen LogP contribution in [0.1, 0.15) is 22.8 Å². The standard InChI is InChI=1S/C15H23N3O/c1-3-12-6-4-5-7-14(12)15(19)18-9-8-17(2)11-13(18)10-16/h4-7,13H,3,8-11,16H2,1-2H3. The largest absolute Gasteiger partial charge is 0.332 e. The molecular formula is C15H23N3O. The minimum absolute atomic E-state index is 0.121. The SMILES string of the molecule is CCc1ccccc1C(=O)N1CCN(C)CC1CN. The van der Waals surface area contributed by atoms with Crippen LogP contribution in [0.4, 0.5) is 0 Å². The second kappa shape index (κ2) is 6.17. The van der Waals surface area contributed by atoms with Crippen LogP contribution in [-0.2, 0) is 6.42 Å². The number of nitrogens with two attached hydrogens (primary N) is 1. The van der Waals surface area contributed by atoms with Crippen LogP contribution < -0.4 is 5.73 Å². The van der Waals surface area contributed by atoms with Gasteiger partial charge in [-0.2, -0.15) is 0 Å². The highest BCUT2D eigenvalue weighted by Crippen LogP contribution is 2.16. The molecule has 1 aliphatic rings. The Hall–Kier alpha value is -1.39. The van der Waals surface area contributed by atoms with E-state index in [1.807, 2.05) is 29.2 Å². The number of rotatable bonds is 3. The van der Waals surface area contributed by atoms with Crippen LogP contribution in [0.25, 0.3) is 0 Å². The fraction of sp³-hybridized carbons (Fsp3) is 0.533. The minimum atomic E-state index is 0.121. The molecule has 0 aromatic heterocycles. The lowest BCUT2D eigenvalue weighted by molar-refractivity contribution is 0.0515. The first-order valence-electron chi connectivity index (χ1n) is 6.94. The predicted molar refractivity (Wildman–Crippen MR) is 77.2 cm³/mol. The van der Waals surface area contributed by atoms with Gasteiger partial charge in [-0.3, -0.25) is 4.79 Å². The lowest BCUT2D eigenvalue weighted by Gasteiger charge is -2.39. The number of amides is 1. The third-order valence-corrected chi connectivity index (χ3v) is 3.85. The zero-order valence-corrected chi connectivity index (χ0v) is 11.8. The third kappa shape index (κ3) is 2.96. The van der Waals surface area contributed by atoms with E-state index in [0.29, 0.717) is 6.54 Å². The average Bonchev–Trinajstić information content (AvgIpc) is 2.46. The van der Waals surface area contributed by atoms with Gasteiger partial charge >= 0.3 is 0 Å². The molecule has 1 amide bonds. The number of likely N-dealkylation sites (N-methyl/N-ethyl adjacent to an activating group) is 1. The summed E-state index contributed by atoms with van der Waals surface area (Å²) in [7, 11) is 2.07. The molecule has 1 aromatic rings. The molecule has 0 spiro atoms. The number of hydrogen-bond donors (Lipinski definition) is 1. The summed E-state index contributed by atoms with van der Waals surface area (Å²) >= 11 is 0. The van der Waals surface area contributed by atoms with E-state index < -0.39 is 0 Å². The molecule has 2 rings (SSSR count). The number of benzene rings is 1. The summed E-state index contributed by atoms with van der Waals surface area (Å²) in [6.07, 6.45) is 0.878. The fourth-order valence-electron chi connectivity index (χ4n) is 2.67. The van der Waals surface area contributed by atoms with Gasteiger partial charge in [0.25, 0.3) is 5.91 Å². The molecule has 19 heavy (non-hydrogen) atoms. The van der Waals surface area contributed by atoms with Gasteiger partial charge in [0.2, 0.25) is 0 Å². The van der Waals surface area contributed by atoms with Crippen molar-refractivity contribution in [2.24, 2.45) is 5.73 Å². The number of hydrogen-bond acceptors (Lipinski definition) is 3. The van der Waals surface area contributed by atoms with Gasteiger partial charge in [0.15, 0.2) is 0 Å². The molecule has 0 radical (unpaired) electrons. The van der Waals surface area contributed by atoms with Crippen molar-refractivity contribution >= 4 is 5.91 Å². The monoisotopic (exact) mass is 261 g/mol. The molecule has 1 fully saturated rings. The van der Waals surface area contributed by atoms with Gasteiger partial charge in [-0.15, -0.1) is 0 Å². The highest BCUT2D eigenvalue weighted by Gasteiger charge is 2.29. The first kappa shape index (κ1) is 14.0. The van der Waals surface area contributed by atoms with Crippen molar-refractivity contribution in [2.75, 3.05) is 33.2 Å². The molecule has 0 bridgehead atoms. The second-order valence-corrected chi connectivity index (χ2v) is 5.16. The Morgan fingerprint density at radius 3 is 2.79 bits per heavy atom. The van der Waals surface area contributed by atoms with E-state index in [1.54, 1.807) is 0 Å². The Morgan fingerprint density at radius 2 is 2.11 bits per heavy atom. The van der Waals surface area contributed by atoms with Gasteiger partial charge in [0.1, 0.15) is 0 Å². The van der Waals surface area contributed by atoms with Crippen molar-refractivity contribution in [1.82, 2.24) is 9.80 Å². The first-order valence-corrected chi connectivity index (χ1v) is 6.94. The predicted octanol–water partition coefficient (Wildman–Crippen LogP) is 0.964. The quantitative estimate of drug-likeness (QED) is 0.882. The molecule has 1 heterocycles. The molecule has 4 heteroatoms. The van der Waals surface area contributed by atoms with E-state index in [-0.39, 0.29) is 11.9 Å². The second-order valence-electron chi connectivity index (χ2n) is 5.16. The molecule has 0 aliphatic carbocycles. The molecule has 0 saturated carbocycles. The van der Waals surface area contributed by atoms with E-state index in [1.165, 1.54) is 0 Å². The van der Waals surface area contributed by atoms with Gasteiger partial charge in [0.05, 0.1) is 6.04 Å². The van der Waals surface area contributed by atoms with E-state index in [2.05, 4.69) is 18.9 Å². The smallest absolute Gasteiger partial charge is 0.254 e. The molecule has 104 valence electrons. The van der Waals surface area contributed by atoms with Crippen molar-refractivity contribution in [2.45, 2.75) is 19.4 Å². The van der Waals surface area contributed by atoms with Crippen molar-refractivity contribution in [3.8, 4) is 0 Å². The summed E-state index contributed by atoms with van der Waals surface area (Å²) in [4.78, 5) is 16.9. The highest BCUT2D eigenvalue weighted by atomic mass is 16.2. The Kier molecular flexibility index (Phi) is 4.56. The highest BCUT2D eigenvalue weighted by molar-refractivity contribution is 5.96. The molecule has 1 unspecified atom stereocenters. The Labute approximate surface area is 115 Å². The molecule has 2 N–H and O–H groups in total. The molecule has 4 nitrogen and oxygen atoms in total. The Morgan fingerprint density at radius 1 is 1.37 bits per heavy atom. The lowest BCUT2D eigenvalue weighted by Crippen LogP contribution is -2.56. The molecule has 1 aromatic carbocycles.